The molecule has 0 saturated heterocycles. The molecule has 2 rings (SSSR count). The Labute approximate surface area is 122 Å². The molecule has 2 aromatic rings. The van der Waals surface area contributed by atoms with Gasteiger partial charge in [-0.2, -0.15) is 0 Å². The summed E-state index contributed by atoms with van der Waals surface area (Å²) in [7, 11) is 0. The van der Waals surface area contributed by atoms with Crippen LogP contribution in [0.2, 0.25) is 0 Å². The Morgan fingerprint density at radius 2 is 2.05 bits per heavy atom. The molecule has 0 aliphatic rings. The summed E-state index contributed by atoms with van der Waals surface area (Å²) in [6.45, 7) is 3.32. The van der Waals surface area contributed by atoms with Crippen molar-refractivity contribution in [3.05, 3.63) is 59.3 Å². The first kappa shape index (κ1) is 15.3. The first-order valence-electron chi connectivity index (χ1n) is 6.68. The zero-order valence-electron chi connectivity index (χ0n) is 12.0. The molecule has 1 aromatic heterocycles. The lowest BCUT2D eigenvalue weighted by Crippen LogP contribution is -2.39. The molecule has 0 spiro atoms. The third kappa shape index (κ3) is 3.92. The first-order chi connectivity index (χ1) is 9.88. The molecule has 0 fully saturated rings. The van der Waals surface area contributed by atoms with Gasteiger partial charge in [-0.3, -0.25) is 4.79 Å². The van der Waals surface area contributed by atoms with Crippen molar-refractivity contribution in [2.45, 2.75) is 25.9 Å². The SMILES string of the molecule is Cc1ccc(C(C)(O)CNC(=O)Cc2ccccc2F)o1. The van der Waals surface area contributed by atoms with Gasteiger partial charge in [-0.15, -0.1) is 0 Å². The number of halogens is 1. The molecule has 1 aromatic carbocycles. The van der Waals surface area contributed by atoms with Gasteiger partial charge in [0.25, 0.3) is 0 Å². The molecule has 0 saturated carbocycles. The van der Waals surface area contributed by atoms with E-state index in [0.29, 0.717) is 17.1 Å². The van der Waals surface area contributed by atoms with E-state index >= 15 is 0 Å². The van der Waals surface area contributed by atoms with Gasteiger partial charge in [-0.1, -0.05) is 18.2 Å². The molecule has 2 N–H and O–H groups in total. The normalized spacial score (nSPS) is 13.7. The fourth-order valence-corrected chi connectivity index (χ4v) is 1.96. The highest BCUT2D eigenvalue weighted by Gasteiger charge is 2.27. The highest BCUT2D eigenvalue weighted by atomic mass is 19.1. The second kappa shape index (κ2) is 6.10. The molecule has 1 unspecified atom stereocenters. The number of carbonyl (C=O) groups is 1. The van der Waals surface area contributed by atoms with E-state index in [2.05, 4.69) is 5.32 Å². The third-order valence-corrected chi connectivity index (χ3v) is 3.21. The zero-order valence-corrected chi connectivity index (χ0v) is 12.0. The van der Waals surface area contributed by atoms with Crippen molar-refractivity contribution in [3.8, 4) is 0 Å². The van der Waals surface area contributed by atoms with Crippen LogP contribution in [0, 0.1) is 12.7 Å². The van der Waals surface area contributed by atoms with Gasteiger partial charge in [0.15, 0.2) is 0 Å². The Morgan fingerprint density at radius 3 is 2.67 bits per heavy atom. The standard InChI is InChI=1S/C16H18FNO3/c1-11-7-8-14(21-11)16(2,20)10-18-15(19)9-12-5-3-4-6-13(12)17/h3-8,20H,9-10H2,1-2H3,(H,18,19). The van der Waals surface area contributed by atoms with Crippen LogP contribution in [-0.4, -0.2) is 17.6 Å². The number of furan rings is 1. The van der Waals surface area contributed by atoms with E-state index in [0.717, 1.165) is 0 Å². The molecular weight excluding hydrogens is 273 g/mol. The number of benzene rings is 1. The summed E-state index contributed by atoms with van der Waals surface area (Å²) in [5, 5.41) is 12.9. The van der Waals surface area contributed by atoms with Crippen molar-refractivity contribution in [2.24, 2.45) is 0 Å². The van der Waals surface area contributed by atoms with Crippen molar-refractivity contribution >= 4 is 5.91 Å². The van der Waals surface area contributed by atoms with Gasteiger partial charge in [0.2, 0.25) is 5.91 Å². The van der Waals surface area contributed by atoms with Gasteiger partial charge in [0.05, 0.1) is 13.0 Å². The summed E-state index contributed by atoms with van der Waals surface area (Å²) in [6.07, 6.45) is -0.0695. The van der Waals surface area contributed by atoms with E-state index in [-0.39, 0.29) is 18.9 Å². The van der Waals surface area contributed by atoms with Crippen LogP contribution in [0.25, 0.3) is 0 Å². The molecule has 0 aliphatic heterocycles. The Kier molecular flexibility index (Phi) is 4.43. The molecule has 112 valence electrons. The maximum Gasteiger partial charge on any atom is 0.224 e. The molecule has 0 radical (unpaired) electrons. The van der Waals surface area contributed by atoms with Crippen LogP contribution in [0.15, 0.2) is 40.8 Å². The van der Waals surface area contributed by atoms with Crippen LogP contribution in [-0.2, 0) is 16.8 Å². The van der Waals surface area contributed by atoms with E-state index < -0.39 is 11.4 Å². The smallest absolute Gasteiger partial charge is 0.224 e. The van der Waals surface area contributed by atoms with Crippen LogP contribution in [0.1, 0.15) is 24.0 Å². The van der Waals surface area contributed by atoms with E-state index in [4.69, 9.17) is 4.42 Å². The van der Waals surface area contributed by atoms with Crippen LogP contribution in [0.5, 0.6) is 0 Å². The molecule has 4 nitrogen and oxygen atoms in total. The monoisotopic (exact) mass is 291 g/mol. The van der Waals surface area contributed by atoms with E-state index in [1.807, 2.05) is 0 Å². The highest BCUT2D eigenvalue weighted by molar-refractivity contribution is 5.78. The van der Waals surface area contributed by atoms with Crippen LogP contribution < -0.4 is 5.32 Å². The van der Waals surface area contributed by atoms with E-state index in [1.54, 1.807) is 44.2 Å². The topological polar surface area (TPSA) is 62.5 Å². The lowest BCUT2D eigenvalue weighted by Gasteiger charge is -2.21. The average molecular weight is 291 g/mol. The zero-order chi connectivity index (χ0) is 15.5. The van der Waals surface area contributed by atoms with E-state index in [9.17, 15) is 14.3 Å². The number of nitrogens with one attached hydrogen (secondary N) is 1. The molecule has 21 heavy (non-hydrogen) atoms. The lowest BCUT2D eigenvalue weighted by molar-refractivity contribution is -0.121. The number of hydrogen-bond donors (Lipinski definition) is 2. The number of hydrogen-bond acceptors (Lipinski definition) is 3. The molecule has 0 bridgehead atoms. The molecule has 1 atom stereocenters. The molecule has 1 amide bonds. The molecule has 5 heteroatoms. The quantitative estimate of drug-likeness (QED) is 0.888. The van der Waals surface area contributed by atoms with E-state index in [1.165, 1.54) is 6.07 Å². The summed E-state index contributed by atoms with van der Waals surface area (Å²) in [5.41, 5.74) is -0.984. The Morgan fingerprint density at radius 1 is 1.33 bits per heavy atom. The van der Waals surface area contributed by atoms with Crippen molar-refractivity contribution in [3.63, 3.8) is 0 Å². The predicted octanol–water partition coefficient (Wildman–Crippen LogP) is 2.29. The van der Waals surface area contributed by atoms with Crippen LogP contribution in [0.4, 0.5) is 4.39 Å². The van der Waals surface area contributed by atoms with Gasteiger partial charge < -0.3 is 14.8 Å². The minimum atomic E-state index is -1.31. The summed E-state index contributed by atoms with van der Waals surface area (Å²) < 4.78 is 18.8. The Bertz CT molecular complexity index is 634. The maximum absolute atomic E-state index is 13.4. The largest absolute Gasteiger partial charge is 0.463 e. The molecule has 1 heterocycles. The first-order valence-corrected chi connectivity index (χ1v) is 6.68. The third-order valence-electron chi connectivity index (χ3n) is 3.21. The van der Waals surface area contributed by atoms with Crippen LogP contribution >= 0.6 is 0 Å². The number of amides is 1. The number of aryl methyl sites for hydroxylation is 1. The van der Waals surface area contributed by atoms with Gasteiger partial charge in [0, 0.05) is 0 Å². The van der Waals surface area contributed by atoms with Gasteiger partial charge in [-0.25, -0.2) is 4.39 Å². The average Bonchev–Trinajstić information content (AvgIpc) is 2.87. The number of rotatable bonds is 5. The summed E-state index contributed by atoms with van der Waals surface area (Å²) in [6, 6.07) is 9.52. The fourth-order valence-electron chi connectivity index (χ4n) is 1.96. The van der Waals surface area contributed by atoms with Gasteiger partial charge in [-0.05, 0) is 37.6 Å². The van der Waals surface area contributed by atoms with Crippen molar-refractivity contribution in [2.75, 3.05) is 6.54 Å². The van der Waals surface area contributed by atoms with Crippen LogP contribution in [0.3, 0.4) is 0 Å². The second-order valence-corrected chi connectivity index (χ2v) is 5.23. The Hall–Kier alpha value is -2.14. The number of carbonyl (C=O) groups excluding carboxylic acids is 1. The fraction of sp³-hybridized carbons (Fsp3) is 0.312. The molecule has 0 aliphatic carbocycles. The minimum absolute atomic E-state index is 0.00671. The summed E-state index contributed by atoms with van der Waals surface area (Å²) in [5.74, 6) is 0.291. The predicted molar refractivity (Wildman–Crippen MR) is 76.1 cm³/mol. The minimum Gasteiger partial charge on any atom is -0.463 e. The highest BCUT2D eigenvalue weighted by Crippen LogP contribution is 2.21. The van der Waals surface area contributed by atoms with Crippen molar-refractivity contribution in [1.29, 1.82) is 0 Å². The lowest BCUT2D eigenvalue weighted by atomic mass is 10.0. The van der Waals surface area contributed by atoms with Crippen molar-refractivity contribution in [1.82, 2.24) is 5.32 Å². The number of aliphatic hydroxyl groups is 1. The Balaban J connectivity index is 1.93. The molecular formula is C16H18FNO3. The van der Waals surface area contributed by atoms with Gasteiger partial charge in [0.1, 0.15) is 22.9 Å². The van der Waals surface area contributed by atoms with Gasteiger partial charge >= 0.3 is 0 Å². The maximum atomic E-state index is 13.4. The van der Waals surface area contributed by atoms with Crippen molar-refractivity contribution < 1.29 is 18.7 Å². The second-order valence-electron chi connectivity index (χ2n) is 5.23. The summed E-state index contributed by atoms with van der Waals surface area (Å²) >= 11 is 0. The summed E-state index contributed by atoms with van der Waals surface area (Å²) in [4.78, 5) is 11.8.